The minimum atomic E-state index is -0.204. The van der Waals surface area contributed by atoms with Gasteiger partial charge in [-0.3, -0.25) is 9.59 Å². The SMILES string of the molecule is O=C(/C=C/c1ccccc1)NCCC(=O)NCc1ccccc1. The molecule has 2 amide bonds. The van der Waals surface area contributed by atoms with Crippen LogP contribution in [0.4, 0.5) is 0 Å². The topological polar surface area (TPSA) is 58.2 Å². The van der Waals surface area contributed by atoms with Gasteiger partial charge in [-0.1, -0.05) is 60.7 Å². The molecule has 0 saturated heterocycles. The van der Waals surface area contributed by atoms with Crippen LogP contribution in [0.3, 0.4) is 0 Å². The maximum atomic E-state index is 11.7. The molecule has 2 aromatic carbocycles. The molecular formula is C19H20N2O2. The molecule has 0 aliphatic carbocycles. The number of amides is 2. The van der Waals surface area contributed by atoms with Crippen LogP contribution in [0, 0.1) is 0 Å². The van der Waals surface area contributed by atoms with Gasteiger partial charge in [0.05, 0.1) is 0 Å². The van der Waals surface area contributed by atoms with Crippen LogP contribution in [0.5, 0.6) is 0 Å². The normalized spacial score (nSPS) is 10.4. The summed E-state index contributed by atoms with van der Waals surface area (Å²) < 4.78 is 0. The molecule has 4 nitrogen and oxygen atoms in total. The number of carbonyl (C=O) groups is 2. The van der Waals surface area contributed by atoms with E-state index in [1.165, 1.54) is 6.08 Å². The van der Waals surface area contributed by atoms with E-state index in [2.05, 4.69) is 10.6 Å². The van der Waals surface area contributed by atoms with E-state index in [-0.39, 0.29) is 18.2 Å². The van der Waals surface area contributed by atoms with Crippen LogP contribution in [0.15, 0.2) is 66.7 Å². The van der Waals surface area contributed by atoms with Crippen LogP contribution in [0.1, 0.15) is 17.5 Å². The highest BCUT2D eigenvalue weighted by molar-refractivity contribution is 5.92. The Morgan fingerprint density at radius 2 is 1.52 bits per heavy atom. The summed E-state index contributed by atoms with van der Waals surface area (Å²) in [5, 5.41) is 5.52. The highest BCUT2D eigenvalue weighted by Gasteiger charge is 2.02. The minimum Gasteiger partial charge on any atom is -0.352 e. The Morgan fingerprint density at radius 1 is 0.870 bits per heavy atom. The van der Waals surface area contributed by atoms with Gasteiger partial charge in [0.25, 0.3) is 0 Å². The second-order valence-corrected chi connectivity index (χ2v) is 5.05. The summed E-state index contributed by atoms with van der Waals surface area (Å²) in [6.07, 6.45) is 3.47. The highest BCUT2D eigenvalue weighted by Crippen LogP contribution is 2.00. The van der Waals surface area contributed by atoms with Crippen molar-refractivity contribution >= 4 is 17.9 Å². The fraction of sp³-hybridized carbons (Fsp3) is 0.158. The molecule has 4 heteroatoms. The smallest absolute Gasteiger partial charge is 0.244 e. The molecule has 118 valence electrons. The molecular weight excluding hydrogens is 288 g/mol. The number of rotatable bonds is 7. The molecule has 0 heterocycles. The first-order valence-electron chi connectivity index (χ1n) is 7.55. The predicted octanol–water partition coefficient (Wildman–Crippen LogP) is 2.52. The van der Waals surface area contributed by atoms with Gasteiger partial charge >= 0.3 is 0 Å². The Labute approximate surface area is 136 Å². The molecule has 2 rings (SSSR count). The molecule has 2 aromatic rings. The third-order valence-electron chi connectivity index (χ3n) is 3.21. The molecule has 2 N–H and O–H groups in total. The van der Waals surface area contributed by atoms with Gasteiger partial charge in [0.1, 0.15) is 0 Å². The summed E-state index contributed by atoms with van der Waals surface area (Å²) in [6.45, 7) is 0.820. The number of carbonyl (C=O) groups excluding carboxylic acids is 2. The van der Waals surface area contributed by atoms with E-state index >= 15 is 0 Å². The van der Waals surface area contributed by atoms with Crippen molar-refractivity contribution in [3.8, 4) is 0 Å². The number of hydrogen-bond donors (Lipinski definition) is 2. The lowest BCUT2D eigenvalue weighted by atomic mass is 10.2. The molecule has 0 saturated carbocycles. The quantitative estimate of drug-likeness (QED) is 0.772. The Hall–Kier alpha value is -2.88. The molecule has 0 radical (unpaired) electrons. The summed E-state index contributed by atoms with van der Waals surface area (Å²) in [7, 11) is 0. The molecule has 0 aliphatic rings. The van der Waals surface area contributed by atoms with E-state index < -0.39 is 0 Å². The third-order valence-corrected chi connectivity index (χ3v) is 3.21. The van der Waals surface area contributed by atoms with Crippen molar-refractivity contribution in [3.63, 3.8) is 0 Å². The van der Waals surface area contributed by atoms with Crippen LogP contribution in [0.2, 0.25) is 0 Å². The Balaban J connectivity index is 1.63. The summed E-state index contributed by atoms with van der Waals surface area (Å²) in [5.41, 5.74) is 2.01. The van der Waals surface area contributed by atoms with Crippen molar-refractivity contribution in [3.05, 3.63) is 77.9 Å². The maximum absolute atomic E-state index is 11.7. The Bertz CT molecular complexity index is 652. The standard InChI is InChI=1S/C19H20N2O2/c22-18(12-11-16-7-3-1-4-8-16)20-14-13-19(23)21-15-17-9-5-2-6-10-17/h1-12H,13-15H2,(H,20,22)(H,21,23)/b12-11+. The molecule has 23 heavy (non-hydrogen) atoms. The first kappa shape index (κ1) is 16.5. The molecule has 0 atom stereocenters. The van der Waals surface area contributed by atoms with Gasteiger partial charge in [0.15, 0.2) is 0 Å². The van der Waals surface area contributed by atoms with Crippen molar-refractivity contribution < 1.29 is 9.59 Å². The van der Waals surface area contributed by atoms with E-state index in [0.29, 0.717) is 13.1 Å². The molecule has 0 spiro atoms. The van der Waals surface area contributed by atoms with E-state index in [9.17, 15) is 9.59 Å². The molecule has 0 bridgehead atoms. The van der Waals surface area contributed by atoms with Gasteiger partial charge in [0, 0.05) is 25.6 Å². The Kier molecular flexibility index (Phi) is 6.60. The third kappa shape index (κ3) is 6.61. The second kappa shape index (κ2) is 9.20. The lowest BCUT2D eigenvalue weighted by molar-refractivity contribution is -0.121. The molecule has 0 aromatic heterocycles. The van der Waals surface area contributed by atoms with Crippen molar-refractivity contribution in [1.29, 1.82) is 0 Å². The van der Waals surface area contributed by atoms with Crippen molar-refractivity contribution in [2.75, 3.05) is 6.54 Å². The van der Waals surface area contributed by atoms with Gasteiger partial charge in [-0.25, -0.2) is 0 Å². The van der Waals surface area contributed by atoms with Gasteiger partial charge in [-0.15, -0.1) is 0 Å². The number of hydrogen-bond acceptors (Lipinski definition) is 2. The van der Waals surface area contributed by atoms with Crippen LogP contribution >= 0.6 is 0 Å². The largest absolute Gasteiger partial charge is 0.352 e. The van der Waals surface area contributed by atoms with Gasteiger partial charge in [-0.2, -0.15) is 0 Å². The van der Waals surface area contributed by atoms with Crippen molar-refractivity contribution in [2.24, 2.45) is 0 Å². The zero-order valence-corrected chi connectivity index (χ0v) is 12.9. The lowest BCUT2D eigenvalue weighted by Gasteiger charge is -2.05. The van der Waals surface area contributed by atoms with E-state index in [0.717, 1.165) is 11.1 Å². The van der Waals surface area contributed by atoms with Crippen LogP contribution in [-0.4, -0.2) is 18.4 Å². The van der Waals surface area contributed by atoms with Gasteiger partial charge in [0.2, 0.25) is 11.8 Å². The number of nitrogens with one attached hydrogen (secondary N) is 2. The zero-order chi connectivity index (χ0) is 16.3. The van der Waals surface area contributed by atoms with Gasteiger partial charge < -0.3 is 10.6 Å². The zero-order valence-electron chi connectivity index (χ0n) is 12.9. The maximum Gasteiger partial charge on any atom is 0.244 e. The summed E-state index contributed by atoms with van der Waals surface area (Å²) in [4.78, 5) is 23.3. The Morgan fingerprint density at radius 3 is 2.22 bits per heavy atom. The minimum absolute atomic E-state index is 0.0822. The van der Waals surface area contributed by atoms with E-state index in [4.69, 9.17) is 0 Å². The van der Waals surface area contributed by atoms with E-state index in [1.54, 1.807) is 6.08 Å². The van der Waals surface area contributed by atoms with E-state index in [1.807, 2.05) is 60.7 Å². The summed E-state index contributed by atoms with van der Waals surface area (Å²) >= 11 is 0. The fourth-order valence-electron chi connectivity index (χ4n) is 1.98. The number of benzene rings is 2. The lowest BCUT2D eigenvalue weighted by Crippen LogP contribution is -2.29. The predicted molar refractivity (Wildman–Crippen MR) is 91.4 cm³/mol. The molecule has 0 fully saturated rings. The summed E-state index contributed by atoms with van der Waals surface area (Å²) in [6, 6.07) is 19.3. The van der Waals surface area contributed by atoms with Crippen LogP contribution < -0.4 is 10.6 Å². The average molecular weight is 308 g/mol. The van der Waals surface area contributed by atoms with Crippen LogP contribution in [0.25, 0.3) is 6.08 Å². The molecule has 0 unspecified atom stereocenters. The molecule has 0 aliphatic heterocycles. The monoisotopic (exact) mass is 308 g/mol. The fourth-order valence-corrected chi connectivity index (χ4v) is 1.98. The summed E-state index contributed by atoms with van der Waals surface area (Å²) in [5.74, 6) is -0.286. The first-order valence-corrected chi connectivity index (χ1v) is 7.55. The second-order valence-electron chi connectivity index (χ2n) is 5.05. The average Bonchev–Trinajstić information content (AvgIpc) is 2.60. The highest BCUT2D eigenvalue weighted by atomic mass is 16.2. The van der Waals surface area contributed by atoms with Crippen LogP contribution in [-0.2, 0) is 16.1 Å². The van der Waals surface area contributed by atoms with Gasteiger partial charge in [-0.05, 0) is 17.2 Å². The van der Waals surface area contributed by atoms with Crippen molar-refractivity contribution in [2.45, 2.75) is 13.0 Å². The van der Waals surface area contributed by atoms with Crippen molar-refractivity contribution in [1.82, 2.24) is 10.6 Å². The first-order chi connectivity index (χ1) is 11.2.